The highest BCUT2D eigenvalue weighted by atomic mass is 16.7. The highest BCUT2D eigenvalue weighted by Crippen LogP contribution is 2.36. The number of hydrogen-bond donors (Lipinski definition) is 1. The Balaban J connectivity index is 1.84. The number of nitrogens with zero attached hydrogens (tertiary/aromatic N) is 2. The summed E-state index contributed by atoms with van der Waals surface area (Å²) >= 11 is 0. The molecule has 0 bridgehead atoms. The van der Waals surface area contributed by atoms with Crippen LogP contribution in [-0.4, -0.2) is 22.7 Å². The monoisotopic (exact) mass is 375 g/mol. The van der Waals surface area contributed by atoms with Gasteiger partial charge in [-0.1, -0.05) is 12.1 Å². The van der Waals surface area contributed by atoms with Gasteiger partial charge in [0.15, 0.2) is 23.1 Å². The van der Waals surface area contributed by atoms with E-state index in [0.717, 1.165) is 0 Å². The molecule has 0 unspecified atom stereocenters. The third kappa shape index (κ3) is 2.54. The van der Waals surface area contributed by atoms with E-state index in [1.165, 1.54) is 6.92 Å². The molecule has 1 aliphatic heterocycles. The first-order chi connectivity index (χ1) is 13.6. The van der Waals surface area contributed by atoms with Crippen LogP contribution in [0.2, 0.25) is 0 Å². The van der Waals surface area contributed by atoms with E-state index in [9.17, 15) is 9.59 Å². The van der Waals surface area contributed by atoms with Gasteiger partial charge < -0.3 is 19.2 Å². The summed E-state index contributed by atoms with van der Waals surface area (Å²) in [6.07, 6.45) is 0. The largest absolute Gasteiger partial charge is 0.454 e. The molecule has 0 radical (unpaired) electrons. The average molecular weight is 375 g/mol. The third-order valence-electron chi connectivity index (χ3n) is 4.38. The van der Waals surface area contributed by atoms with Crippen molar-refractivity contribution in [2.75, 3.05) is 12.1 Å². The minimum atomic E-state index is -0.616. The molecule has 0 fully saturated rings. The number of benzene rings is 2. The molecule has 1 amide bonds. The van der Waals surface area contributed by atoms with Crippen molar-refractivity contribution in [3.8, 4) is 22.9 Å². The number of aromatic nitrogens is 2. The molecule has 28 heavy (non-hydrogen) atoms. The number of rotatable bonds is 2. The second-order valence-corrected chi connectivity index (χ2v) is 6.25. The number of hydrogen-bond acceptors (Lipinski definition) is 7. The molecule has 2 aromatic carbocycles. The zero-order valence-electron chi connectivity index (χ0n) is 14.7. The summed E-state index contributed by atoms with van der Waals surface area (Å²) in [6, 6.07) is 12.4. The lowest BCUT2D eigenvalue weighted by Crippen LogP contribution is -2.13. The minimum Gasteiger partial charge on any atom is -0.454 e. The molecule has 0 atom stereocenters. The zero-order chi connectivity index (χ0) is 19.3. The second-order valence-electron chi connectivity index (χ2n) is 6.25. The quantitative estimate of drug-likeness (QED) is 0.424. The summed E-state index contributed by atoms with van der Waals surface area (Å²) in [5, 5.41) is 3.38. The van der Waals surface area contributed by atoms with Gasteiger partial charge in [0.2, 0.25) is 12.7 Å². The van der Waals surface area contributed by atoms with Crippen molar-refractivity contribution in [1.29, 1.82) is 0 Å². The van der Waals surface area contributed by atoms with E-state index < -0.39 is 5.63 Å². The topological polar surface area (TPSA) is 104 Å². The number of carbonyl (C=O) groups is 1. The summed E-state index contributed by atoms with van der Waals surface area (Å²) in [5.41, 5.74) is 0.854. The smallest absolute Gasteiger partial charge is 0.349 e. The Morgan fingerprint density at radius 1 is 1.07 bits per heavy atom. The molecular weight excluding hydrogens is 362 g/mol. The van der Waals surface area contributed by atoms with E-state index in [2.05, 4.69) is 15.3 Å². The predicted octanol–water partition coefficient (Wildman–Crippen LogP) is 3.09. The van der Waals surface area contributed by atoms with Crippen LogP contribution in [0.25, 0.3) is 33.3 Å². The maximum Gasteiger partial charge on any atom is 0.349 e. The first-order valence-electron chi connectivity index (χ1n) is 8.51. The molecule has 1 aliphatic rings. The van der Waals surface area contributed by atoms with E-state index in [4.69, 9.17) is 13.9 Å². The zero-order valence-corrected chi connectivity index (χ0v) is 14.7. The Bertz CT molecular complexity index is 1330. The first-order valence-corrected chi connectivity index (χ1v) is 8.51. The van der Waals surface area contributed by atoms with Gasteiger partial charge in [0.25, 0.3) is 0 Å². The Morgan fingerprint density at radius 2 is 1.89 bits per heavy atom. The van der Waals surface area contributed by atoms with Crippen LogP contribution in [0.5, 0.6) is 11.5 Å². The molecule has 8 heteroatoms. The Labute approximate surface area is 157 Å². The van der Waals surface area contributed by atoms with Crippen molar-refractivity contribution in [1.82, 2.24) is 9.97 Å². The van der Waals surface area contributed by atoms with E-state index in [1.54, 1.807) is 36.4 Å². The summed E-state index contributed by atoms with van der Waals surface area (Å²) in [6.45, 7) is 1.50. The fraction of sp³-hybridized carbons (Fsp3) is 0.100. The van der Waals surface area contributed by atoms with Gasteiger partial charge in [-0.05, 0) is 30.3 Å². The van der Waals surface area contributed by atoms with Crippen molar-refractivity contribution in [2.45, 2.75) is 6.92 Å². The summed E-state index contributed by atoms with van der Waals surface area (Å²) in [5.74, 6) is 1.30. The maximum atomic E-state index is 12.6. The normalized spacial score (nSPS) is 12.5. The second kappa shape index (κ2) is 6.05. The lowest BCUT2D eigenvalue weighted by molar-refractivity contribution is -0.114. The van der Waals surface area contributed by atoms with Crippen LogP contribution in [0.1, 0.15) is 6.92 Å². The number of fused-ring (bicyclic) bond motifs is 4. The molecule has 0 aliphatic carbocycles. The van der Waals surface area contributed by atoms with E-state index >= 15 is 0 Å². The van der Waals surface area contributed by atoms with Crippen molar-refractivity contribution in [2.24, 2.45) is 0 Å². The Morgan fingerprint density at radius 3 is 2.75 bits per heavy atom. The van der Waals surface area contributed by atoms with E-state index in [0.29, 0.717) is 39.4 Å². The Kier molecular flexibility index (Phi) is 3.51. The average Bonchev–Trinajstić information content (AvgIpc) is 3.15. The number of amides is 1. The fourth-order valence-corrected chi connectivity index (χ4v) is 3.17. The van der Waals surface area contributed by atoms with Gasteiger partial charge >= 0.3 is 5.63 Å². The predicted molar refractivity (Wildman–Crippen MR) is 101 cm³/mol. The third-order valence-corrected chi connectivity index (χ3v) is 4.38. The van der Waals surface area contributed by atoms with Crippen LogP contribution >= 0.6 is 0 Å². The number of para-hydroxylation sites is 1. The summed E-state index contributed by atoms with van der Waals surface area (Å²) < 4.78 is 16.1. The summed E-state index contributed by atoms with van der Waals surface area (Å²) in [4.78, 5) is 33.3. The van der Waals surface area contributed by atoms with Crippen molar-refractivity contribution >= 4 is 33.6 Å². The molecule has 0 saturated heterocycles. The standard InChI is InChI=1S/C20H13N3O5/c1-10(24)21-19-16-17(12-4-2-3-5-13(12)28-20(16)25)22-18(23-19)11-6-7-14-15(8-11)27-9-26-14/h2-8H,9H2,1H3,(H,21,22,23,24). The SMILES string of the molecule is CC(=O)Nc1nc(-c2ccc3c(c2)OCO3)nc2c1c(=O)oc1ccccc12. The number of carbonyl (C=O) groups excluding carboxylic acids is 1. The van der Waals surface area contributed by atoms with Gasteiger partial charge in [-0.2, -0.15) is 0 Å². The first kappa shape index (κ1) is 16.2. The van der Waals surface area contributed by atoms with E-state index in [1.807, 2.05) is 6.07 Å². The lowest BCUT2D eigenvalue weighted by atomic mass is 10.1. The molecule has 138 valence electrons. The van der Waals surface area contributed by atoms with Gasteiger partial charge in [0.05, 0.1) is 5.52 Å². The van der Waals surface area contributed by atoms with Gasteiger partial charge in [-0.3, -0.25) is 4.79 Å². The molecule has 8 nitrogen and oxygen atoms in total. The van der Waals surface area contributed by atoms with E-state index in [-0.39, 0.29) is 23.9 Å². The van der Waals surface area contributed by atoms with Crippen molar-refractivity contribution in [3.05, 3.63) is 52.9 Å². The van der Waals surface area contributed by atoms with Crippen LogP contribution < -0.4 is 20.4 Å². The molecular formula is C20H13N3O5. The molecule has 4 aromatic rings. The van der Waals surface area contributed by atoms with Crippen molar-refractivity contribution in [3.63, 3.8) is 0 Å². The van der Waals surface area contributed by atoms with Gasteiger partial charge in [0, 0.05) is 17.9 Å². The van der Waals surface area contributed by atoms with Gasteiger partial charge in [-0.25, -0.2) is 14.8 Å². The molecule has 3 heterocycles. The lowest BCUT2D eigenvalue weighted by Gasteiger charge is -2.10. The van der Waals surface area contributed by atoms with Gasteiger partial charge in [-0.15, -0.1) is 0 Å². The van der Waals surface area contributed by atoms with Crippen molar-refractivity contribution < 1.29 is 18.7 Å². The highest BCUT2D eigenvalue weighted by Gasteiger charge is 2.20. The van der Waals surface area contributed by atoms with Crippen LogP contribution in [0.4, 0.5) is 5.82 Å². The fourth-order valence-electron chi connectivity index (χ4n) is 3.17. The maximum absolute atomic E-state index is 12.6. The molecule has 0 saturated carbocycles. The minimum absolute atomic E-state index is 0.102. The molecule has 1 N–H and O–H groups in total. The number of nitrogens with one attached hydrogen (secondary N) is 1. The Hall–Kier alpha value is -3.94. The summed E-state index contributed by atoms with van der Waals surface area (Å²) in [7, 11) is 0. The van der Waals surface area contributed by atoms with Crippen LogP contribution in [0.15, 0.2) is 51.7 Å². The molecule has 5 rings (SSSR count). The van der Waals surface area contributed by atoms with Crippen LogP contribution in [0, 0.1) is 0 Å². The van der Waals surface area contributed by atoms with Crippen LogP contribution in [-0.2, 0) is 4.79 Å². The number of ether oxygens (including phenoxy) is 2. The molecule has 2 aromatic heterocycles. The number of anilines is 1. The molecule has 0 spiro atoms. The highest BCUT2D eigenvalue weighted by molar-refractivity contribution is 6.08. The van der Waals surface area contributed by atoms with Gasteiger partial charge in [0.1, 0.15) is 11.0 Å². The van der Waals surface area contributed by atoms with Crippen LogP contribution in [0.3, 0.4) is 0 Å².